The van der Waals surface area contributed by atoms with Crippen LogP contribution in [0.2, 0.25) is 0 Å². The molecule has 0 aromatic rings. The molecular formula is C20H30O2. The minimum absolute atomic E-state index is 0.0504. The number of Topliss-reactive ketones (excluding diaryl/α,β-unsaturated/α-hetero) is 1. The Morgan fingerprint density at radius 3 is 2.68 bits per heavy atom. The molecule has 0 aromatic carbocycles. The third kappa shape index (κ3) is 1.74. The maximum absolute atomic E-state index is 11.9. The van der Waals surface area contributed by atoms with Gasteiger partial charge in [-0.3, -0.25) is 4.79 Å². The van der Waals surface area contributed by atoms with Crippen molar-refractivity contribution in [3.63, 3.8) is 0 Å². The zero-order valence-corrected chi connectivity index (χ0v) is 14.3. The van der Waals surface area contributed by atoms with Crippen LogP contribution in [0.1, 0.15) is 72.1 Å². The minimum atomic E-state index is -0.514. The Morgan fingerprint density at radius 1 is 1.14 bits per heavy atom. The van der Waals surface area contributed by atoms with Crippen LogP contribution < -0.4 is 0 Å². The van der Waals surface area contributed by atoms with Crippen molar-refractivity contribution in [2.24, 2.45) is 28.6 Å². The monoisotopic (exact) mass is 302 g/mol. The standard InChI is InChI=1S/C20H30O2/c1-18-9-6-14(21)12-13(18)4-5-15-16(18)7-10-19(2)17(15)8-11-20(19,3)22/h7,13,15,17,22H,4-6,8-12H2,1-3H3/t13-,15+,17+,18-,19+,20-/m0/s1. The SMILES string of the molecule is C[C@]1(O)CC[C@@H]2[C@@H]3CC[C@H]4CC(=O)CC[C@]4(C)C3=CC[C@]21C. The van der Waals surface area contributed by atoms with Crippen LogP contribution in [0.3, 0.4) is 0 Å². The number of carbonyl (C=O) groups is 1. The molecule has 0 unspecified atom stereocenters. The zero-order chi connectivity index (χ0) is 15.8. The Bertz CT molecular complexity index is 546. The van der Waals surface area contributed by atoms with Gasteiger partial charge in [0.05, 0.1) is 5.60 Å². The number of aliphatic hydroxyl groups is 1. The van der Waals surface area contributed by atoms with Crippen molar-refractivity contribution >= 4 is 5.78 Å². The van der Waals surface area contributed by atoms with Gasteiger partial charge in [0.1, 0.15) is 5.78 Å². The molecule has 3 saturated carbocycles. The first-order chi connectivity index (χ1) is 10.3. The van der Waals surface area contributed by atoms with Crippen LogP contribution in [0, 0.1) is 28.6 Å². The summed E-state index contributed by atoms with van der Waals surface area (Å²) in [6.45, 7) is 6.80. The van der Waals surface area contributed by atoms with Gasteiger partial charge in [-0.2, -0.15) is 0 Å². The lowest BCUT2D eigenvalue weighted by molar-refractivity contribution is -0.125. The summed E-state index contributed by atoms with van der Waals surface area (Å²) in [6.07, 6.45) is 10.7. The predicted molar refractivity (Wildman–Crippen MR) is 87.3 cm³/mol. The molecule has 0 aliphatic heterocycles. The molecule has 2 heteroatoms. The second-order valence-corrected chi connectivity index (χ2v) is 9.24. The molecule has 1 N–H and O–H groups in total. The molecule has 2 nitrogen and oxygen atoms in total. The predicted octanol–water partition coefficient (Wildman–Crippen LogP) is 4.27. The second-order valence-electron chi connectivity index (χ2n) is 9.24. The molecule has 4 aliphatic carbocycles. The van der Waals surface area contributed by atoms with Crippen molar-refractivity contribution in [2.45, 2.75) is 77.7 Å². The second kappa shape index (κ2) is 4.47. The van der Waals surface area contributed by atoms with E-state index in [1.807, 2.05) is 0 Å². The van der Waals surface area contributed by atoms with Gasteiger partial charge in [-0.05, 0) is 68.6 Å². The first-order valence-corrected chi connectivity index (χ1v) is 9.22. The summed E-state index contributed by atoms with van der Waals surface area (Å²) in [6, 6.07) is 0. The van der Waals surface area contributed by atoms with Crippen LogP contribution in [0.25, 0.3) is 0 Å². The van der Waals surface area contributed by atoms with Gasteiger partial charge in [0, 0.05) is 18.3 Å². The minimum Gasteiger partial charge on any atom is -0.390 e. The maximum atomic E-state index is 11.9. The van der Waals surface area contributed by atoms with Crippen LogP contribution in [0.15, 0.2) is 11.6 Å². The Morgan fingerprint density at radius 2 is 1.91 bits per heavy atom. The van der Waals surface area contributed by atoms with Gasteiger partial charge >= 0.3 is 0 Å². The highest BCUT2D eigenvalue weighted by atomic mass is 16.3. The summed E-state index contributed by atoms with van der Waals surface area (Å²) in [4.78, 5) is 11.9. The summed E-state index contributed by atoms with van der Waals surface area (Å²) in [7, 11) is 0. The highest BCUT2D eigenvalue weighted by molar-refractivity contribution is 5.80. The quantitative estimate of drug-likeness (QED) is 0.679. The van der Waals surface area contributed by atoms with Crippen molar-refractivity contribution in [2.75, 3.05) is 0 Å². The number of carbonyl (C=O) groups excluding carboxylic acids is 1. The smallest absolute Gasteiger partial charge is 0.133 e. The van der Waals surface area contributed by atoms with Gasteiger partial charge < -0.3 is 5.11 Å². The van der Waals surface area contributed by atoms with Crippen molar-refractivity contribution in [3.05, 3.63) is 11.6 Å². The molecule has 0 spiro atoms. The topological polar surface area (TPSA) is 37.3 Å². The number of hydrogen-bond acceptors (Lipinski definition) is 2. The van der Waals surface area contributed by atoms with E-state index in [1.165, 1.54) is 19.3 Å². The maximum Gasteiger partial charge on any atom is 0.133 e. The average molecular weight is 302 g/mol. The van der Waals surface area contributed by atoms with Gasteiger partial charge in [-0.25, -0.2) is 0 Å². The molecular weight excluding hydrogens is 272 g/mol. The summed E-state index contributed by atoms with van der Waals surface area (Å²) in [5.74, 6) is 2.34. The van der Waals surface area contributed by atoms with E-state index in [1.54, 1.807) is 5.57 Å². The van der Waals surface area contributed by atoms with Crippen LogP contribution in [0.4, 0.5) is 0 Å². The van der Waals surface area contributed by atoms with E-state index in [0.717, 1.165) is 32.1 Å². The number of rotatable bonds is 0. The van der Waals surface area contributed by atoms with Gasteiger partial charge in [0.2, 0.25) is 0 Å². The van der Waals surface area contributed by atoms with Crippen LogP contribution in [0.5, 0.6) is 0 Å². The number of hydrogen-bond donors (Lipinski definition) is 1. The van der Waals surface area contributed by atoms with E-state index in [-0.39, 0.29) is 10.8 Å². The molecule has 0 radical (unpaired) electrons. The summed E-state index contributed by atoms with van der Waals surface area (Å²) in [5.41, 5.74) is 1.46. The third-order valence-electron chi connectivity index (χ3n) is 8.41. The van der Waals surface area contributed by atoms with E-state index in [9.17, 15) is 9.90 Å². The molecule has 22 heavy (non-hydrogen) atoms. The summed E-state index contributed by atoms with van der Waals surface area (Å²) in [5, 5.41) is 10.9. The molecule has 4 aliphatic rings. The summed E-state index contributed by atoms with van der Waals surface area (Å²) >= 11 is 0. The van der Waals surface area contributed by atoms with Gasteiger partial charge in [-0.1, -0.05) is 25.5 Å². The first kappa shape index (κ1) is 14.9. The van der Waals surface area contributed by atoms with Crippen molar-refractivity contribution < 1.29 is 9.90 Å². The fourth-order valence-electron chi connectivity index (χ4n) is 6.55. The lowest BCUT2D eigenvalue weighted by Gasteiger charge is -2.56. The molecule has 122 valence electrons. The lowest BCUT2D eigenvalue weighted by atomic mass is 9.48. The van der Waals surface area contributed by atoms with E-state index < -0.39 is 5.60 Å². The Balaban J connectivity index is 1.72. The molecule has 0 aromatic heterocycles. The fraction of sp³-hybridized carbons (Fsp3) is 0.850. The van der Waals surface area contributed by atoms with Gasteiger partial charge in [-0.15, -0.1) is 0 Å². The fourth-order valence-corrected chi connectivity index (χ4v) is 6.55. The van der Waals surface area contributed by atoms with Crippen LogP contribution in [-0.2, 0) is 4.79 Å². The Kier molecular flexibility index (Phi) is 3.03. The van der Waals surface area contributed by atoms with E-state index in [0.29, 0.717) is 23.5 Å². The first-order valence-electron chi connectivity index (χ1n) is 9.22. The molecule has 0 bridgehead atoms. The molecule has 4 rings (SSSR count). The number of ketones is 1. The van der Waals surface area contributed by atoms with E-state index in [2.05, 4.69) is 26.8 Å². The third-order valence-corrected chi connectivity index (χ3v) is 8.41. The molecule has 0 amide bonds. The molecule has 3 fully saturated rings. The Hall–Kier alpha value is -0.630. The van der Waals surface area contributed by atoms with Crippen molar-refractivity contribution in [1.29, 1.82) is 0 Å². The molecule has 0 heterocycles. The van der Waals surface area contributed by atoms with Gasteiger partial charge in [0.25, 0.3) is 0 Å². The average Bonchev–Trinajstić information content (AvgIpc) is 2.70. The van der Waals surface area contributed by atoms with Crippen LogP contribution in [-0.4, -0.2) is 16.5 Å². The normalized spacial score (nSPS) is 54.3. The van der Waals surface area contributed by atoms with Crippen molar-refractivity contribution in [3.8, 4) is 0 Å². The van der Waals surface area contributed by atoms with Gasteiger partial charge in [0.15, 0.2) is 0 Å². The molecule has 6 atom stereocenters. The largest absolute Gasteiger partial charge is 0.390 e. The van der Waals surface area contributed by atoms with E-state index in [4.69, 9.17) is 0 Å². The number of allylic oxidation sites excluding steroid dienone is 2. The molecule has 0 saturated heterocycles. The Labute approximate surface area is 134 Å². The zero-order valence-electron chi connectivity index (χ0n) is 14.3. The lowest BCUT2D eigenvalue weighted by Crippen LogP contribution is -2.51. The van der Waals surface area contributed by atoms with Crippen LogP contribution >= 0.6 is 0 Å². The van der Waals surface area contributed by atoms with E-state index >= 15 is 0 Å². The highest BCUT2D eigenvalue weighted by Gasteiger charge is 2.60. The highest BCUT2D eigenvalue weighted by Crippen LogP contribution is 2.65. The van der Waals surface area contributed by atoms with Crippen molar-refractivity contribution in [1.82, 2.24) is 0 Å². The summed E-state index contributed by atoms with van der Waals surface area (Å²) < 4.78 is 0. The number of fused-ring (bicyclic) bond motifs is 5.